The second-order valence-electron chi connectivity index (χ2n) is 0. The van der Waals surface area contributed by atoms with Crippen LogP contribution in [0.3, 0.4) is 0 Å². The van der Waals surface area contributed by atoms with E-state index in [2.05, 4.69) is 0 Å². The zero-order valence-corrected chi connectivity index (χ0v) is 10.1. The second-order valence-corrected chi connectivity index (χ2v) is 0. The van der Waals surface area contributed by atoms with Gasteiger partial charge < -0.3 is 0 Å². The Balaban J connectivity index is 0. The zero-order chi connectivity index (χ0) is 0. The van der Waals surface area contributed by atoms with Gasteiger partial charge in [-0.2, -0.15) is 0 Å². The van der Waals surface area contributed by atoms with Gasteiger partial charge in [0.1, 0.15) is 0 Å². The third-order valence-corrected chi connectivity index (χ3v) is 0. The Morgan fingerprint density at radius 1 is 0.286 bits per heavy atom. The maximum atomic E-state index is 0. The van der Waals surface area contributed by atoms with Gasteiger partial charge in [-0.25, -0.2) is 0 Å². The van der Waals surface area contributed by atoms with Crippen LogP contribution in [0, 0.1) is 0 Å². The molecule has 0 aliphatic carbocycles. The van der Waals surface area contributed by atoms with Gasteiger partial charge in [0, 0.05) is 23.7 Å². The summed E-state index contributed by atoms with van der Waals surface area (Å²) in [6, 6.07) is 0. The zero-order valence-electron chi connectivity index (χ0n) is 2.86. The van der Waals surface area contributed by atoms with Crippen LogP contribution in [0.4, 0.5) is 0 Å². The van der Waals surface area contributed by atoms with E-state index in [0.29, 0.717) is 0 Å². The Kier molecular flexibility index (Phi) is 1170. The molecule has 0 unspecified atom stereocenters. The molecule has 0 aromatic carbocycles. The van der Waals surface area contributed by atoms with E-state index in [1.54, 1.807) is 0 Å². The summed E-state index contributed by atoms with van der Waals surface area (Å²) in [6.07, 6.45) is 0. The molecule has 0 amide bonds. The van der Waals surface area contributed by atoms with Crippen LogP contribution in [0.5, 0.6) is 0 Å². The molecule has 2 radical (unpaired) electrons. The molecule has 0 aromatic heterocycles. The van der Waals surface area contributed by atoms with Crippen molar-refractivity contribution in [2.75, 3.05) is 0 Å². The smallest absolute Gasteiger partial charge is 0 e. The number of hydrogen-bond acceptors (Lipinski definition) is 0. The van der Waals surface area contributed by atoms with Gasteiger partial charge in [0.2, 0.25) is 0 Å². The first kappa shape index (κ1) is 108. The van der Waals surface area contributed by atoms with Crippen LogP contribution in [-0.4, -0.2) is 23.7 Å². The maximum Gasteiger partial charge on any atom is 0 e. The third kappa shape index (κ3) is 56.8. The quantitative estimate of drug-likeness (QED) is 0.590. The van der Waals surface area contributed by atoms with Gasteiger partial charge in [-0.05, 0) is 0 Å². The van der Waals surface area contributed by atoms with Crippen molar-refractivity contribution in [2.24, 2.45) is 0 Å². The summed E-state index contributed by atoms with van der Waals surface area (Å²) in [6.45, 7) is 0. The first-order valence-corrected chi connectivity index (χ1v) is 0. The molecule has 0 N–H and O–H groups in total. The van der Waals surface area contributed by atoms with E-state index in [9.17, 15) is 0 Å². The van der Waals surface area contributed by atoms with Gasteiger partial charge in [0.15, 0.2) is 0 Å². The van der Waals surface area contributed by atoms with Crippen LogP contribution in [0.15, 0.2) is 0 Å². The van der Waals surface area contributed by atoms with E-state index in [0.717, 1.165) is 0 Å². The standard InChI is InChI=1S/6ClH.Te/h6*1H;. The molecule has 0 saturated carbocycles. The van der Waals surface area contributed by atoms with Crippen LogP contribution in [0.2, 0.25) is 0 Å². The Morgan fingerprint density at radius 2 is 0.286 bits per heavy atom. The van der Waals surface area contributed by atoms with Crippen molar-refractivity contribution in [3.8, 4) is 0 Å². The summed E-state index contributed by atoms with van der Waals surface area (Å²) < 4.78 is 0. The molecule has 0 saturated heterocycles. The van der Waals surface area contributed by atoms with E-state index in [1.165, 1.54) is 0 Å². The minimum Gasteiger partial charge on any atom is -0.147 e. The number of hydrogen-bond donors (Lipinski definition) is 0. The van der Waals surface area contributed by atoms with Crippen molar-refractivity contribution in [2.45, 2.75) is 0 Å². The normalized spacial score (nSPS) is 0. The van der Waals surface area contributed by atoms with Crippen LogP contribution in [0.25, 0.3) is 0 Å². The van der Waals surface area contributed by atoms with Crippen molar-refractivity contribution < 1.29 is 0 Å². The Hall–Kier alpha value is 2.53. The molecule has 54 valence electrons. The minimum atomic E-state index is 0. The molecule has 0 rings (SSSR count). The van der Waals surface area contributed by atoms with E-state index in [4.69, 9.17) is 0 Å². The van der Waals surface area contributed by atoms with Gasteiger partial charge >= 0.3 is 0 Å². The SMILES string of the molecule is Cl.Cl.Cl.Cl.Cl.Cl.[Te]. The van der Waals surface area contributed by atoms with Crippen molar-refractivity contribution in [3.63, 3.8) is 0 Å². The molecule has 0 spiro atoms. The van der Waals surface area contributed by atoms with Crippen LogP contribution >= 0.6 is 74.4 Å². The fraction of sp³-hybridized carbons (Fsp3) is 0. The van der Waals surface area contributed by atoms with Crippen molar-refractivity contribution in [1.82, 2.24) is 0 Å². The van der Waals surface area contributed by atoms with Crippen LogP contribution in [0.1, 0.15) is 0 Å². The Morgan fingerprint density at radius 3 is 0.286 bits per heavy atom. The van der Waals surface area contributed by atoms with E-state index in [1.807, 2.05) is 0 Å². The first-order valence-electron chi connectivity index (χ1n) is 0. The van der Waals surface area contributed by atoms with E-state index < -0.39 is 0 Å². The molecular formula is H6Cl6Te. The van der Waals surface area contributed by atoms with Crippen LogP contribution < -0.4 is 0 Å². The monoisotopic (exact) mass is 346 g/mol. The summed E-state index contributed by atoms with van der Waals surface area (Å²) >= 11 is 0. The fourth-order valence-corrected chi connectivity index (χ4v) is 0. The molecule has 0 aromatic rings. The summed E-state index contributed by atoms with van der Waals surface area (Å²) in [5.74, 6) is 0. The summed E-state index contributed by atoms with van der Waals surface area (Å²) in [5, 5.41) is 0. The molecule has 0 nitrogen and oxygen atoms in total. The average molecular weight is 346 g/mol. The minimum absolute atomic E-state index is 0. The van der Waals surface area contributed by atoms with Gasteiger partial charge in [-0.15, -0.1) is 74.4 Å². The van der Waals surface area contributed by atoms with Crippen molar-refractivity contribution in [1.29, 1.82) is 0 Å². The van der Waals surface area contributed by atoms with Gasteiger partial charge in [0.25, 0.3) is 0 Å². The summed E-state index contributed by atoms with van der Waals surface area (Å²) in [4.78, 5) is 0. The molecule has 0 heterocycles. The molecular weight excluding hydrogens is 340 g/mol. The molecule has 0 fully saturated rings. The fourth-order valence-electron chi connectivity index (χ4n) is 0. The maximum absolute atomic E-state index is 0. The largest absolute Gasteiger partial charge is 0.147 e. The molecule has 7 heavy (non-hydrogen) atoms. The van der Waals surface area contributed by atoms with Gasteiger partial charge in [0.05, 0.1) is 0 Å². The topological polar surface area (TPSA) is 0 Å². The molecule has 0 bridgehead atoms. The molecule has 0 aliphatic heterocycles. The third-order valence-electron chi connectivity index (χ3n) is 0. The van der Waals surface area contributed by atoms with Crippen molar-refractivity contribution >= 4 is 98.1 Å². The predicted molar refractivity (Wildman–Crippen MR) is 49.2 cm³/mol. The van der Waals surface area contributed by atoms with Crippen LogP contribution in [-0.2, 0) is 0 Å². The van der Waals surface area contributed by atoms with Gasteiger partial charge in [-0.3, -0.25) is 0 Å². The Labute approximate surface area is 97.1 Å². The molecule has 0 aliphatic rings. The summed E-state index contributed by atoms with van der Waals surface area (Å²) in [5.41, 5.74) is 0. The molecule has 0 atom stereocenters. The average Bonchev–Trinajstić information content (AvgIpc) is 0. The second kappa shape index (κ2) is 75.6. The van der Waals surface area contributed by atoms with E-state index in [-0.39, 0.29) is 98.1 Å². The number of halogens is 6. The number of rotatable bonds is 0. The van der Waals surface area contributed by atoms with E-state index >= 15 is 0 Å². The van der Waals surface area contributed by atoms with Gasteiger partial charge in [-0.1, -0.05) is 0 Å². The summed E-state index contributed by atoms with van der Waals surface area (Å²) in [7, 11) is 0. The molecule has 7 heteroatoms. The predicted octanol–water partition coefficient (Wildman–Crippen LogP) is 2.15. The Bertz CT molecular complexity index is 4.14. The first-order chi connectivity index (χ1) is 0. The van der Waals surface area contributed by atoms with Crippen molar-refractivity contribution in [3.05, 3.63) is 0 Å².